The maximum absolute atomic E-state index is 11.5. The van der Waals surface area contributed by atoms with Crippen LogP contribution in [0.4, 0.5) is 5.82 Å². The largest absolute Gasteiger partial charge is 0.369 e. The average Bonchev–Trinajstić information content (AvgIpc) is 3.05. The van der Waals surface area contributed by atoms with Crippen molar-refractivity contribution in [2.45, 2.75) is 12.8 Å². The number of aromatic nitrogens is 4. The number of piperidine rings is 1. The van der Waals surface area contributed by atoms with E-state index in [2.05, 4.69) is 20.0 Å². The maximum Gasteiger partial charge on any atom is 0.222 e. The molecular formula is C17H17ClN6O. The Morgan fingerprint density at radius 1 is 1.28 bits per heavy atom. The molecule has 4 rings (SSSR count). The number of nitrogens with two attached hydrogens (primary N) is 1. The zero-order valence-corrected chi connectivity index (χ0v) is 14.2. The van der Waals surface area contributed by atoms with Gasteiger partial charge in [-0.3, -0.25) is 4.79 Å². The molecule has 1 aliphatic heterocycles. The number of imidazole rings is 1. The fourth-order valence-electron chi connectivity index (χ4n) is 3.22. The van der Waals surface area contributed by atoms with Gasteiger partial charge in [-0.15, -0.1) is 0 Å². The third-order valence-electron chi connectivity index (χ3n) is 4.52. The second-order valence-corrected chi connectivity index (χ2v) is 6.55. The summed E-state index contributed by atoms with van der Waals surface area (Å²) in [7, 11) is 0. The van der Waals surface area contributed by atoms with E-state index < -0.39 is 0 Å². The highest BCUT2D eigenvalue weighted by Gasteiger charge is 2.25. The molecule has 8 heteroatoms. The molecule has 1 atom stereocenters. The SMILES string of the molecule is NC(=O)C1CCCN(c2cc(-c3cnc4ccc(Cl)nn34)ccn2)C1. The molecule has 0 aromatic carbocycles. The van der Waals surface area contributed by atoms with Crippen molar-refractivity contribution in [3.63, 3.8) is 0 Å². The first kappa shape index (κ1) is 15.8. The van der Waals surface area contributed by atoms with E-state index in [1.165, 1.54) is 0 Å². The van der Waals surface area contributed by atoms with Crippen LogP contribution in [0.15, 0.2) is 36.7 Å². The number of halogens is 1. The summed E-state index contributed by atoms with van der Waals surface area (Å²) < 4.78 is 1.71. The fourth-order valence-corrected chi connectivity index (χ4v) is 3.35. The standard InChI is InChI=1S/C17H17ClN6O/c18-14-3-4-15-21-9-13(24(15)22-14)11-5-6-20-16(8-11)23-7-1-2-12(10-23)17(19)25/h3-6,8-9,12H,1-2,7,10H2,(H2,19,25). The van der Waals surface area contributed by atoms with Gasteiger partial charge < -0.3 is 10.6 Å². The van der Waals surface area contributed by atoms with E-state index in [-0.39, 0.29) is 11.8 Å². The molecule has 3 aromatic rings. The lowest BCUT2D eigenvalue weighted by molar-refractivity contribution is -0.122. The van der Waals surface area contributed by atoms with Crippen molar-refractivity contribution in [3.05, 3.63) is 41.8 Å². The second-order valence-electron chi connectivity index (χ2n) is 6.16. The monoisotopic (exact) mass is 356 g/mol. The number of rotatable bonds is 3. The number of carbonyl (C=O) groups excluding carboxylic acids is 1. The van der Waals surface area contributed by atoms with Crippen molar-refractivity contribution in [3.8, 4) is 11.3 Å². The molecule has 3 aromatic heterocycles. The van der Waals surface area contributed by atoms with Gasteiger partial charge in [0.25, 0.3) is 0 Å². The predicted molar refractivity (Wildman–Crippen MR) is 95.4 cm³/mol. The van der Waals surface area contributed by atoms with Crippen LogP contribution in [0.3, 0.4) is 0 Å². The van der Waals surface area contributed by atoms with Crippen LogP contribution in [0.5, 0.6) is 0 Å². The molecule has 4 heterocycles. The minimum atomic E-state index is -0.249. The number of amides is 1. The molecule has 0 bridgehead atoms. The molecule has 0 spiro atoms. The molecule has 1 saturated heterocycles. The Bertz CT molecular complexity index is 940. The molecule has 1 unspecified atom stereocenters. The third-order valence-corrected chi connectivity index (χ3v) is 4.72. The van der Waals surface area contributed by atoms with Gasteiger partial charge in [-0.1, -0.05) is 11.6 Å². The highest BCUT2D eigenvalue weighted by atomic mass is 35.5. The van der Waals surface area contributed by atoms with Gasteiger partial charge in [0, 0.05) is 24.8 Å². The lowest BCUT2D eigenvalue weighted by atomic mass is 9.97. The Morgan fingerprint density at radius 2 is 2.16 bits per heavy atom. The Balaban J connectivity index is 1.69. The molecule has 128 valence electrons. The second kappa shape index (κ2) is 6.33. The first-order valence-corrected chi connectivity index (χ1v) is 8.50. The van der Waals surface area contributed by atoms with Crippen LogP contribution in [-0.2, 0) is 4.79 Å². The number of nitrogens with zero attached hydrogens (tertiary/aromatic N) is 5. The highest BCUT2D eigenvalue weighted by Crippen LogP contribution is 2.26. The Labute approximate surface area is 149 Å². The van der Waals surface area contributed by atoms with Crippen molar-refractivity contribution < 1.29 is 4.79 Å². The maximum atomic E-state index is 11.5. The van der Waals surface area contributed by atoms with Crippen molar-refractivity contribution in [1.82, 2.24) is 19.6 Å². The van der Waals surface area contributed by atoms with Crippen LogP contribution in [0, 0.1) is 5.92 Å². The summed E-state index contributed by atoms with van der Waals surface area (Å²) >= 11 is 6.01. The highest BCUT2D eigenvalue weighted by molar-refractivity contribution is 6.29. The smallest absolute Gasteiger partial charge is 0.222 e. The summed E-state index contributed by atoms with van der Waals surface area (Å²) in [6.45, 7) is 1.46. The van der Waals surface area contributed by atoms with Gasteiger partial charge in [0.05, 0.1) is 17.8 Å². The van der Waals surface area contributed by atoms with Crippen LogP contribution in [0.25, 0.3) is 16.9 Å². The summed E-state index contributed by atoms with van der Waals surface area (Å²) in [6, 6.07) is 7.42. The summed E-state index contributed by atoms with van der Waals surface area (Å²) in [5, 5.41) is 4.72. The molecule has 0 saturated carbocycles. The molecule has 1 aliphatic rings. The van der Waals surface area contributed by atoms with Gasteiger partial charge in [0.15, 0.2) is 5.65 Å². The fraction of sp³-hybridized carbons (Fsp3) is 0.294. The first-order valence-electron chi connectivity index (χ1n) is 8.13. The van der Waals surface area contributed by atoms with Crippen LogP contribution in [-0.4, -0.2) is 38.6 Å². The van der Waals surface area contributed by atoms with E-state index in [0.29, 0.717) is 11.7 Å². The topological polar surface area (TPSA) is 89.4 Å². The lowest BCUT2D eigenvalue weighted by Crippen LogP contribution is -2.41. The van der Waals surface area contributed by atoms with Crippen LogP contribution in [0.2, 0.25) is 5.15 Å². The van der Waals surface area contributed by atoms with Gasteiger partial charge in [-0.05, 0) is 37.1 Å². The molecule has 25 heavy (non-hydrogen) atoms. The predicted octanol–water partition coefficient (Wildman–Crippen LogP) is 2.15. The number of pyridine rings is 1. The summed E-state index contributed by atoms with van der Waals surface area (Å²) in [5.41, 5.74) is 7.97. The Hall–Kier alpha value is -2.67. The van der Waals surface area contributed by atoms with E-state index in [0.717, 1.165) is 42.1 Å². The summed E-state index contributed by atoms with van der Waals surface area (Å²) in [4.78, 5) is 22.4. The normalized spacial score (nSPS) is 17.8. The number of fused-ring (bicyclic) bond motifs is 1. The number of hydrogen-bond acceptors (Lipinski definition) is 5. The van der Waals surface area contributed by atoms with Gasteiger partial charge in [-0.2, -0.15) is 5.10 Å². The van der Waals surface area contributed by atoms with Gasteiger partial charge >= 0.3 is 0 Å². The minimum absolute atomic E-state index is 0.129. The first-order chi connectivity index (χ1) is 12.1. The van der Waals surface area contributed by atoms with Crippen molar-refractivity contribution in [1.29, 1.82) is 0 Å². The van der Waals surface area contributed by atoms with E-state index in [4.69, 9.17) is 17.3 Å². The third kappa shape index (κ3) is 3.02. The Morgan fingerprint density at radius 3 is 3.00 bits per heavy atom. The van der Waals surface area contributed by atoms with Gasteiger partial charge in [0.1, 0.15) is 11.0 Å². The molecule has 0 radical (unpaired) electrons. The molecule has 1 amide bonds. The molecule has 1 fully saturated rings. The quantitative estimate of drug-likeness (QED) is 0.776. The molecule has 7 nitrogen and oxygen atoms in total. The Kier molecular flexibility index (Phi) is 4.01. The van der Waals surface area contributed by atoms with E-state index in [1.807, 2.05) is 18.2 Å². The zero-order valence-electron chi connectivity index (χ0n) is 13.5. The van der Waals surface area contributed by atoms with E-state index >= 15 is 0 Å². The van der Waals surface area contributed by atoms with Crippen LogP contribution < -0.4 is 10.6 Å². The number of carbonyl (C=O) groups is 1. The molecule has 0 aliphatic carbocycles. The van der Waals surface area contributed by atoms with Gasteiger partial charge in [-0.25, -0.2) is 14.5 Å². The van der Waals surface area contributed by atoms with Crippen molar-refractivity contribution in [2.24, 2.45) is 11.7 Å². The van der Waals surface area contributed by atoms with Crippen LogP contribution >= 0.6 is 11.6 Å². The van der Waals surface area contributed by atoms with Gasteiger partial charge in [0.2, 0.25) is 5.91 Å². The zero-order chi connectivity index (χ0) is 17.4. The number of hydrogen-bond donors (Lipinski definition) is 1. The van der Waals surface area contributed by atoms with Crippen LogP contribution in [0.1, 0.15) is 12.8 Å². The van der Waals surface area contributed by atoms with Crippen molar-refractivity contribution in [2.75, 3.05) is 18.0 Å². The lowest BCUT2D eigenvalue weighted by Gasteiger charge is -2.32. The minimum Gasteiger partial charge on any atom is -0.369 e. The average molecular weight is 357 g/mol. The van der Waals surface area contributed by atoms with E-state index in [1.54, 1.807) is 23.0 Å². The molecular weight excluding hydrogens is 340 g/mol. The summed E-state index contributed by atoms with van der Waals surface area (Å²) in [5.74, 6) is 0.442. The number of anilines is 1. The summed E-state index contributed by atoms with van der Waals surface area (Å²) in [6.07, 6.45) is 5.27. The number of primary amides is 1. The van der Waals surface area contributed by atoms with E-state index in [9.17, 15) is 4.79 Å². The molecule has 2 N–H and O–H groups in total. The van der Waals surface area contributed by atoms with Crippen molar-refractivity contribution >= 4 is 29.0 Å².